The van der Waals surface area contributed by atoms with E-state index in [9.17, 15) is 18.8 Å². The molecule has 1 aromatic rings. The molecule has 0 aromatic heterocycles. The largest absolute Gasteiger partial charge is 0.452 e. The number of benzene rings is 1. The molecule has 0 saturated carbocycles. The van der Waals surface area contributed by atoms with Gasteiger partial charge in [-0.2, -0.15) is 0 Å². The first-order chi connectivity index (χ1) is 10.3. The van der Waals surface area contributed by atoms with Gasteiger partial charge >= 0.3 is 12.0 Å². The van der Waals surface area contributed by atoms with Crippen molar-refractivity contribution >= 4 is 17.9 Å². The number of hydrogen-bond acceptors (Lipinski definition) is 4. The van der Waals surface area contributed by atoms with Crippen molar-refractivity contribution < 1.29 is 23.5 Å². The number of amides is 3. The smallest absolute Gasteiger partial charge is 0.321 e. The Kier molecular flexibility index (Phi) is 6.49. The molecule has 0 fully saturated rings. The monoisotopic (exact) mass is 310 g/mol. The van der Waals surface area contributed by atoms with Crippen molar-refractivity contribution in [3.8, 4) is 0 Å². The van der Waals surface area contributed by atoms with Crippen LogP contribution in [-0.2, 0) is 20.7 Å². The molecule has 7 heteroatoms. The van der Waals surface area contributed by atoms with Crippen molar-refractivity contribution in [1.29, 1.82) is 0 Å². The molecule has 0 spiro atoms. The topological polar surface area (TPSA) is 84.5 Å². The minimum Gasteiger partial charge on any atom is -0.452 e. The first-order valence-corrected chi connectivity index (χ1v) is 6.83. The van der Waals surface area contributed by atoms with E-state index < -0.39 is 29.8 Å². The Labute approximate surface area is 128 Å². The van der Waals surface area contributed by atoms with E-state index in [1.165, 1.54) is 25.1 Å². The lowest BCUT2D eigenvalue weighted by Gasteiger charge is -2.14. The molecular formula is C15H19FN2O4. The fourth-order valence-electron chi connectivity index (χ4n) is 1.62. The van der Waals surface area contributed by atoms with E-state index in [1.807, 2.05) is 0 Å². The third-order valence-electron chi connectivity index (χ3n) is 2.57. The van der Waals surface area contributed by atoms with Crippen molar-refractivity contribution in [2.45, 2.75) is 39.3 Å². The van der Waals surface area contributed by atoms with Gasteiger partial charge in [-0.05, 0) is 38.5 Å². The van der Waals surface area contributed by atoms with Crippen molar-refractivity contribution in [2.24, 2.45) is 0 Å². The van der Waals surface area contributed by atoms with Gasteiger partial charge in [0.25, 0.3) is 5.91 Å². The zero-order chi connectivity index (χ0) is 16.7. The van der Waals surface area contributed by atoms with Gasteiger partial charge in [0.15, 0.2) is 6.10 Å². The molecule has 22 heavy (non-hydrogen) atoms. The quantitative estimate of drug-likeness (QED) is 0.808. The number of carbonyl (C=O) groups is 3. The van der Waals surface area contributed by atoms with Crippen molar-refractivity contribution in [1.82, 2.24) is 10.6 Å². The second-order valence-electron chi connectivity index (χ2n) is 5.06. The van der Waals surface area contributed by atoms with Crippen molar-refractivity contribution in [3.63, 3.8) is 0 Å². The molecule has 1 atom stereocenters. The van der Waals surface area contributed by atoms with Crippen molar-refractivity contribution in [3.05, 3.63) is 35.6 Å². The molecule has 0 heterocycles. The molecule has 0 bridgehead atoms. The lowest BCUT2D eigenvalue weighted by atomic mass is 10.1. The normalized spacial score (nSPS) is 11.7. The molecule has 0 saturated heterocycles. The molecule has 0 radical (unpaired) electrons. The molecule has 1 rings (SSSR count). The summed E-state index contributed by atoms with van der Waals surface area (Å²) in [6.07, 6.45) is -1.29. The van der Waals surface area contributed by atoms with Crippen LogP contribution >= 0.6 is 0 Å². The highest BCUT2D eigenvalue weighted by Gasteiger charge is 2.20. The van der Waals surface area contributed by atoms with Crippen LogP contribution < -0.4 is 10.6 Å². The summed E-state index contributed by atoms with van der Waals surface area (Å²) in [6.45, 7) is 4.83. The van der Waals surface area contributed by atoms with Crippen molar-refractivity contribution in [2.75, 3.05) is 0 Å². The summed E-state index contributed by atoms with van der Waals surface area (Å²) >= 11 is 0. The van der Waals surface area contributed by atoms with E-state index in [-0.39, 0.29) is 12.5 Å². The zero-order valence-corrected chi connectivity index (χ0v) is 12.7. The number of nitrogens with one attached hydrogen (secondary N) is 2. The van der Waals surface area contributed by atoms with E-state index in [2.05, 4.69) is 10.6 Å². The number of hydrogen-bond donors (Lipinski definition) is 2. The second kappa shape index (κ2) is 8.11. The first kappa shape index (κ1) is 17.6. The van der Waals surface area contributed by atoms with Gasteiger partial charge in [-0.1, -0.05) is 12.1 Å². The van der Waals surface area contributed by atoms with Gasteiger partial charge in [0.05, 0.1) is 6.42 Å². The van der Waals surface area contributed by atoms with Crippen LogP contribution in [0.4, 0.5) is 9.18 Å². The van der Waals surface area contributed by atoms with Crippen LogP contribution in [0.5, 0.6) is 0 Å². The number of esters is 1. The van der Waals surface area contributed by atoms with Crippen LogP contribution in [0, 0.1) is 5.82 Å². The molecule has 0 aliphatic rings. The standard InChI is InChI=1S/C15H19FN2O4/c1-9(2)17-15(21)18-14(20)10(3)22-13(19)8-11-5-4-6-12(16)7-11/h4-7,9-10H,8H2,1-3H3,(H2,17,18,20,21)/t10-/m1/s1. The molecule has 120 valence electrons. The number of rotatable bonds is 5. The molecule has 0 unspecified atom stereocenters. The summed E-state index contributed by atoms with van der Waals surface area (Å²) in [5.74, 6) is -1.87. The zero-order valence-electron chi connectivity index (χ0n) is 12.7. The van der Waals surface area contributed by atoms with E-state index in [0.717, 1.165) is 0 Å². The molecule has 0 aliphatic carbocycles. The fraction of sp³-hybridized carbons (Fsp3) is 0.400. The predicted octanol–water partition coefficient (Wildman–Crippen LogP) is 1.53. The summed E-state index contributed by atoms with van der Waals surface area (Å²) in [5, 5.41) is 4.54. The summed E-state index contributed by atoms with van der Waals surface area (Å²) in [7, 11) is 0. The van der Waals surface area contributed by atoms with Crippen LogP contribution in [0.3, 0.4) is 0 Å². The number of halogens is 1. The van der Waals surface area contributed by atoms with E-state index in [1.54, 1.807) is 19.9 Å². The Bertz CT molecular complexity index is 560. The second-order valence-corrected chi connectivity index (χ2v) is 5.06. The van der Waals surface area contributed by atoms with Crippen LogP contribution in [0.25, 0.3) is 0 Å². The molecule has 6 nitrogen and oxygen atoms in total. The van der Waals surface area contributed by atoms with Crippen LogP contribution in [0.2, 0.25) is 0 Å². The molecular weight excluding hydrogens is 291 g/mol. The average Bonchev–Trinajstić information content (AvgIpc) is 2.37. The van der Waals surface area contributed by atoms with Crippen LogP contribution in [0.1, 0.15) is 26.3 Å². The third-order valence-corrected chi connectivity index (χ3v) is 2.57. The number of carbonyl (C=O) groups excluding carboxylic acids is 3. The van der Waals surface area contributed by atoms with Gasteiger partial charge in [0.1, 0.15) is 5.82 Å². The summed E-state index contributed by atoms with van der Waals surface area (Å²) in [6, 6.07) is 4.74. The Hall–Kier alpha value is -2.44. The van der Waals surface area contributed by atoms with Gasteiger partial charge in [-0.25, -0.2) is 9.18 Å². The minimum atomic E-state index is -1.13. The number of ether oxygens (including phenoxy) is 1. The maximum absolute atomic E-state index is 13.0. The Morgan fingerprint density at radius 2 is 1.91 bits per heavy atom. The van der Waals surface area contributed by atoms with Gasteiger partial charge in [0, 0.05) is 6.04 Å². The third kappa shape index (κ3) is 6.34. The van der Waals surface area contributed by atoms with Gasteiger partial charge in [-0.3, -0.25) is 14.9 Å². The molecule has 3 amide bonds. The van der Waals surface area contributed by atoms with Crippen LogP contribution in [-0.4, -0.2) is 30.1 Å². The highest BCUT2D eigenvalue weighted by Crippen LogP contribution is 2.06. The van der Waals surface area contributed by atoms with E-state index in [0.29, 0.717) is 5.56 Å². The van der Waals surface area contributed by atoms with E-state index in [4.69, 9.17) is 4.74 Å². The summed E-state index contributed by atoms with van der Waals surface area (Å²) in [4.78, 5) is 34.7. The average molecular weight is 310 g/mol. The number of urea groups is 1. The predicted molar refractivity (Wildman–Crippen MR) is 77.5 cm³/mol. The molecule has 0 aliphatic heterocycles. The lowest BCUT2D eigenvalue weighted by Crippen LogP contribution is -2.46. The Morgan fingerprint density at radius 3 is 2.50 bits per heavy atom. The molecule has 1 aromatic carbocycles. The SMILES string of the molecule is CC(C)NC(=O)NC(=O)[C@@H](C)OC(=O)Cc1cccc(F)c1. The first-order valence-electron chi connectivity index (χ1n) is 6.83. The maximum Gasteiger partial charge on any atom is 0.321 e. The summed E-state index contributed by atoms with van der Waals surface area (Å²) in [5.41, 5.74) is 0.440. The highest BCUT2D eigenvalue weighted by atomic mass is 19.1. The summed E-state index contributed by atoms with van der Waals surface area (Å²) < 4.78 is 17.9. The Balaban J connectivity index is 2.46. The maximum atomic E-state index is 13.0. The fourth-order valence-corrected chi connectivity index (χ4v) is 1.62. The molecule has 2 N–H and O–H groups in total. The van der Waals surface area contributed by atoms with Crippen LogP contribution in [0.15, 0.2) is 24.3 Å². The van der Waals surface area contributed by atoms with Gasteiger partial charge in [-0.15, -0.1) is 0 Å². The lowest BCUT2D eigenvalue weighted by molar-refractivity contribution is -0.153. The minimum absolute atomic E-state index is 0.126. The van der Waals surface area contributed by atoms with Gasteiger partial charge < -0.3 is 10.1 Å². The Morgan fingerprint density at radius 1 is 1.23 bits per heavy atom. The highest BCUT2D eigenvalue weighted by molar-refractivity contribution is 5.97. The van der Waals surface area contributed by atoms with E-state index >= 15 is 0 Å². The van der Waals surface area contributed by atoms with Gasteiger partial charge in [0.2, 0.25) is 0 Å². The number of imide groups is 1.